The number of amides is 1. The van der Waals surface area contributed by atoms with Crippen LogP contribution in [-0.4, -0.2) is 23.7 Å². The normalized spacial score (nSPS) is 11.5. The summed E-state index contributed by atoms with van der Waals surface area (Å²) in [7, 11) is 0. The molecule has 0 aliphatic heterocycles. The van der Waals surface area contributed by atoms with E-state index in [2.05, 4.69) is 11.2 Å². The smallest absolute Gasteiger partial charge is 0.232 e. The molecule has 1 rings (SSSR count). The Labute approximate surface area is 95.5 Å². The standard InChI is InChI=1S/C13H15NO2/c1-2-6-13(16)14-12(10-15)9-11-7-4-3-5-8-11/h1,3-5,7-8,12,15H,6,9-10H2,(H,14,16)/t12-/m0/s1. The molecule has 0 bridgehead atoms. The Morgan fingerprint density at radius 3 is 2.69 bits per heavy atom. The van der Waals surface area contributed by atoms with E-state index < -0.39 is 0 Å². The van der Waals surface area contributed by atoms with Crippen LogP contribution in [0.15, 0.2) is 30.3 Å². The third kappa shape index (κ3) is 4.16. The van der Waals surface area contributed by atoms with Gasteiger partial charge in [0.2, 0.25) is 5.91 Å². The van der Waals surface area contributed by atoms with E-state index in [0.29, 0.717) is 6.42 Å². The van der Waals surface area contributed by atoms with Gasteiger partial charge in [-0.05, 0) is 12.0 Å². The molecule has 0 aromatic heterocycles. The van der Waals surface area contributed by atoms with Gasteiger partial charge in [-0.25, -0.2) is 0 Å². The van der Waals surface area contributed by atoms with E-state index in [4.69, 9.17) is 11.5 Å². The molecule has 3 heteroatoms. The van der Waals surface area contributed by atoms with Crippen molar-refractivity contribution in [3.05, 3.63) is 35.9 Å². The molecule has 0 heterocycles. The summed E-state index contributed by atoms with van der Waals surface area (Å²) in [6.07, 6.45) is 5.68. The lowest BCUT2D eigenvalue weighted by Gasteiger charge is -2.15. The maximum Gasteiger partial charge on any atom is 0.232 e. The molecule has 1 atom stereocenters. The number of benzene rings is 1. The molecule has 0 unspecified atom stereocenters. The summed E-state index contributed by atoms with van der Waals surface area (Å²) in [5.74, 6) is 2.04. The molecule has 0 fully saturated rings. The van der Waals surface area contributed by atoms with Crippen LogP contribution in [-0.2, 0) is 11.2 Å². The minimum absolute atomic E-state index is 0.0469. The number of carbonyl (C=O) groups is 1. The zero-order chi connectivity index (χ0) is 11.8. The second-order valence-corrected chi connectivity index (χ2v) is 3.52. The van der Waals surface area contributed by atoms with Crippen molar-refractivity contribution in [3.63, 3.8) is 0 Å². The fourth-order valence-corrected chi connectivity index (χ4v) is 1.43. The summed E-state index contributed by atoms with van der Waals surface area (Å²) in [6, 6.07) is 9.41. The highest BCUT2D eigenvalue weighted by Gasteiger charge is 2.10. The van der Waals surface area contributed by atoms with Gasteiger partial charge in [0.25, 0.3) is 0 Å². The van der Waals surface area contributed by atoms with E-state index >= 15 is 0 Å². The first kappa shape index (κ1) is 12.3. The quantitative estimate of drug-likeness (QED) is 0.714. The fourth-order valence-electron chi connectivity index (χ4n) is 1.43. The minimum atomic E-state index is -0.275. The van der Waals surface area contributed by atoms with Gasteiger partial charge in [0.1, 0.15) is 0 Å². The molecule has 1 aromatic carbocycles. The van der Waals surface area contributed by atoms with E-state index in [9.17, 15) is 4.79 Å². The van der Waals surface area contributed by atoms with Crippen LogP contribution in [0.3, 0.4) is 0 Å². The number of nitrogens with one attached hydrogen (secondary N) is 1. The summed E-state index contributed by atoms with van der Waals surface area (Å²) in [4.78, 5) is 11.2. The SMILES string of the molecule is C#CCC(=O)N[C@H](CO)Cc1ccccc1. The average molecular weight is 217 g/mol. The second kappa shape index (κ2) is 6.65. The lowest BCUT2D eigenvalue weighted by atomic mass is 10.1. The van der Waals surface area contributed by atoms with Gasteiger partial charge in [0.05, 0.1) is 19.1 Å². The Bertz CT molecular complexity index is 367. The van der Waals surface area contributed by atoms with Crippen molar-refractivity contribution in [2.45, 2.75) is 18.9 Å². The third-order valence-electron chi connectivity index (χ3n) is 2.17. The molecule has 1 aromatic rings. The van der Waals surface area contributed by atoms with Crippen LogP contribution >= 0.6 is 0 Å². The van der Waals surface area contributed by atoms with Crippen LogP contribution in [0.5, 0.6) is 0 Å². The first-order chi connectivity index (χ1) is 7.76. The average Bonchev–Trinajstić information content (AvgIpc) is 2.30. The zero-order valence-corrected chi connectivity index (χ0v) is 9.02. The van der Waals surface area contributed by atoms with E-state index in [1.165, 1.54) is 0 Å². The van der Waals surface area contributed by atoms with Crippen molar-refractivity contribution in [1.29, 1.82) is 0 Å². The predicted octanol–water partition coefficient (Wildman–Crippen LogP) is 0.729. The number of rotatable bonds is 5. The largest absolute Gasteiger partial charge is 0.394 e. The lowest BCUT2D eigenvalue weighted by Crippen LogP contribution is -2.38. The molecule has 0 spiro atoms. The Hall–Kier alpha value is -1.79. The van der Waals surface area contributed by atoms with Gasteiger partial charge >= 0.3 is 0 Å². The number of aliphatic hydroxyl groups is 1. The molecule has 16 heavy (non-hydrogen) atoms. The molecule has 3 nitrogen and oxygen atoms in total. The highest BCUT2D eigenvalue weighted by atomic mass is 16.3. The summed E-state index contributed by atoms with van der Waals surface area (Å²) >= 11 is 0. The molecule has 2 N–H and O–H groups in total. The van der Waals surface area contributed by atoms with Crippen LogP contribution in [0.1, 0.15) is 12.0 Å². The van der Waals surface area contributed by atoms with Crippen molar-refractivity contribution in [3.8, 4) is 12.3 Å². The monoisotopic (exact) mass is 217 g/mol. The van der Waals surface area contributed by atoms with E-state index in [1.807, 2.05) is 30.3 Å². The number of hydrogen-bond donors (Lipinski definition) is 2. The fraction of sp³-hybridized carbons (Fsp3) is 0.308. The molecule has 0 aliphatic rings. The van der Waals surface area contributed by atoms with Gasteiger partial charge < -0.3 is 10.4 Å². The highest BCUT2D eigenvalue weighted by Crippen LogP contribution is 2.02. The van der Waals surface area contributed by atoms with Crippen molar-refractivity contribution < 1.29 is 9.90 Å². The maximum absolute atomic E-state index is 11.2. The second-order valence-electron chi connectivity index (χ2n) is 3.52. The van der Waals surface area contributed by atoms with Crippen molar-refractivity contribution in [2.24, 2.45) is 0 Å². The molecule has 0 aliphatic carbocycles. The molecule has 0 radical (unpaired) electrons. The highest BCUT2D eigenvalue weighted by molar-refractivity contribution is 5.78. The zero-order valence-electron chi connectivity index (χ0n) is 9.02. The Morgan fingerprint density at radius 2 is 2.12 bits per heavy atom. The third-order valence-corrected chi connectivity index (χ3v) is 2.17. The van der Waals surface area contributed by atoms with Crippen LogP contribution in [0.4, 0.5) is 0 Å². The summed E-state index contributed by atoms with van der Waals surface area (Å²) < 4.78 is 0. The van der Waals surface area contributed by atoms with Gasteiger partial charge in [0.15, 0.2) is 0 Å². The Morgan fingerprint density at radius 1 is 1.44 bits per heavy atom. The Balaban J connectivity index is 2.50. The van der Waals surface area contributed by atoms with Crippen LogP contribution in [0.2, 0.25) is 0 Å². The van der Waals surface area contributed by atoms with Crippen molar-refractivity contribution in [1.82, 2.24) is 5.32 Å². The van der Waals surface area contributed by atoms with Crippen LogP contribution in [0.25, 0.3) is 0 Å². The first-order valence-corrected chi connectivity index (χ1v) is 5.14. The van der Waals surface area contributed by atoms with Gasteiger partial charge in [-0.2, -0.15) is 0 Å². The van der Waals surface area contributed by atoms with Crippen LogP contribution in [0, 0.1) is 12.3 Å². The molecule has 84 valence electrons. The Kier molecular flexibility index (Phi) is 5.10. The van der Waals surface area contributed by atoms with Gasteiger partial charge in [-0.1, -0.05) is 36.3 Å². The molecular formula is C13H15NO2. The summed E-state index contributed by atoms with van der Waals surface area (Å²) in [6.45, 7) is -0.0921. The predicted molar refractivity (Wildman–Crippen MR) is 62.6 cm³/mol. The van der Waals surface area contributed by atoms with Gasteiger partial charge in [-0.3, -0.25) is 4.79 Å². The molecular weight excluding hydrogens is 202 g/mol. The van der Waals surface area contributed by atoms with Gasteiger partial charge in [-0.15, -0.1) is 6.42 Å². The topological polar surface area (TPSA) is 49.3 Å². The van der Waals surface area contributed by atoms with Crippen molar-refractivity contribution in [2.75, 3.05) is 6.61 Å². The number of carbonyl (C=O) groups excluding carboxylic acids is 1. The maximum atomic E-state index is 11.2. The van der Waals surface area contributed by atoms with Crippen LogP contribution < -0.4 is 5.32 Å². The minimum Gasteiger partial charge on any atom is -0.394 e. The number of terminal acetylenes is 1. The van der Waals surface area contributed by atoms with E-state index in [0.717, 1.165) is 5.56 Å². The molecule has 0 saturated carbocycles. The van der Waals surface area contributed by atoms with E-state index in [1.54, 1.807) is 0 Å². The number of aliphatic hydroxyl groups excluding tert-OH is 1. The lowest BCUT2D eigenvalue weighted by molar-refractivity contribution is -0.121. The van der Waals surface area contributed by atoms with Crippen molar-refractivity contribution >= 4 is 5.91 Å². The summed E-state index contributed by atoms with van der Waals surface area (Å²) in [5.41, 5.74) is 1.07. The molecule has 1 amide bonds. The van der Waals surface area contributed by atoms with Gasteiger partial charge in [0, 0.05) is 0 Å². The van der Waals surface area contributed by atoms with E-state index in [-0.39, 0.29) is 25.0 Å². The number of hydrogen-bond acceptors (Lipinski definition) is 2. The molecule has 0 saturated heterocycles. The first-order valence-electron chi connectivity index (χ1n) is 5.14. The summed E-state index contributed by atoms with van der Waals surface area (Å²) in [5, 5.41) is 11.8.